The average molecular weight is 284 g/mol. The molecule has 106 valence electrons. The van der Waals surface area contributed by atoms with Crippen LogP contribution in [0.25, 0.3) is 11.8 Å². The van der Waals surface area contributed by atoms with E-state index in [1.807, 2.05) is 6.07 Å². The number of nitrogens with zero attached hydrogens (tertiary/aromatic N) is 4. The molecule has 2 rings (SSSR count). The van der Waals surface area contributed by atoms with Crippen LogP contribution in [0.3, 0.4) is 0 Å². The molecule has 0 saturated carbocycles. The molecule has 0 unspecified atom stereocenters. The molecule has 0 atom stereocenters. The third kappa shape index (κ3) is 3.63. The summed E-state index contributed by atoms with van der Waals surface area (Å²) in [4.78, 5) is 37.5. The molecule has 0 aliphatic carbocycles. The number of aromatic amines is 2. The lowest BCUT2D eigenvalue weighted by molar-refractivity contribution is 0.538. The summed E-state index contributed by atoms with van der Waals surface area (Å²) in [7, 11) is 1.67. The largest absolute Gasteiger partial charge is 0.358 e. The molecule has 0 aromatic carbocycles. The summed E-state index contributed by atoms with van der Waals surface area (Å²) < 4.78 is 0. The Hall–Kier alpha value is -3.21. The van der Waals surface area contributed by atoms with E-state index in [4.69, 9.17) is 5.26 Å². The summed E-state index contributed by atoms with van der Waals surface area (Å²) in [5.74, 6) is 0.584. The Kier molecular flexibility index (Phi) is 4.26. The average Bonchev–Trinajstić information content (AvgIpc) is 2.45. The zero-order chi connectivity index (χ0) is 15.2. The van der Waals surface area contributed by atoms with E-state index in [0.29, 0.717) is 11.5 Å². The van der Waals surface area contributed by atoms with Crippen molar-refractivity contribution in [3.8, 4) is 6.07 Å². The number of H-pyrrole nitrogens is 2. The highest BCUT2D eigenvalue weighted by atomic mass is 16.1. The van der Waals surface area contributed by atoms with E-state index in [0.717, 1.165) is 0 Å². The summed E-state index contributed by atoms with van der Waals surface area (Å²) in [6.07, 6.45) is 4.27. The van der Waals surface area contributed by atoms with Crippen LogP contribution in [0.2, 0.25) is 0 Å². The highest BCUT2D eigenvalue weighted by Crippen LogP contribution is 2.14. The summed E-state index contributed by atoms with van der Waals surface area (Å²) in [5, 5.41) is 8.81. The Bertz CT molecular complexity index is 814. The predicted octanol–water partition coefficient (Wildman–Crippen LogP) is -0.193. The van der Waals surface area contributed by atoms with Crippen LogP contribution in [0.15, 0.2) is 34.1 Å². The zero-order valence-corrected chi connectivity index (χ0v) is 11.2. The maximum absolute atomic E-state index is 11.4. The van der Waals surface area contributed by atoms with Crippen LogP contribution in [0.1, 0.15) is 11.6 Å². The summed E-state index contributed by atoms with van der Waals surface area (Å²) in [6.45, 7) is 0.0848. The summed E-state index contributed by atoms with van der Waals surface area (Å²) in [5.41, 5.74) is -0.151. The van der Waals surface area contributed by atoms with Crippen LogP contribution in [-0.2, 0) is 0 Å². The van der Waals surface area contributed by atoms with Crippen molar-refractivity contribution in [1.29, 1.82) is 5.26 Å². The third-order valence-electron chi connectivity index (χ3n) is 2.60. The molecule has 0 fully saturated rings. The van der Waals surface area contributed by atoms with Gasteiger partial charge in [0.1, 0.15) is 12.4 Å². The van der Waals surface area contributed by atoms with Crippen LogP contribution >= 0.6 is 0 Å². The molecule has 2 heterocycles. The smallest absolute Gasteiger partial charge is 0.251 e. The number of hydrogen-bond acceptors (Lipinski definition) is 6. The lowest BCUT2D eigenvalue weighted by atomic mass is 10.3. The van der Waals surface area contributed by atoms with Crippen molar-refractivity contribution in [3.63, 3.8) is 0 Å². The topological polar surface area (TPSA) is 119 Å². The van der Waals surface area contributed by atoms with E-state index in [-0.39, 0.29) is 23.5 Å². The lowest BCUT2D eigenvalue weighted by Gasteiger charge is -2.18. The quantitative estimate of drug-likeness (QED) is 0.751. The fraction of sp³-hybridized carbons (Fsp3) is 0.154. The molecule has 2 N–H and O–H groups in total. The van der Waals surface area contributed by atoms with Crippen LogP contribution < -0.4 is 11.1 Å². The van der Waals surface area contributed by atoms with E-state index in [9.17, 15) is 9.59 Å². The SMILES string of the molecule is CN(CC#N)/C(=C\c1nccc(=O)[nH]1)c1nccc(=O)[nH]1. The van der Waals surface area contributed by atoms with Crippen LogP contribution in [-0.4, -0.2) is 38.4 Å². The first-order valence-corrected chi connectivity index (χ1v) is 6.01. The second-order valence-corrected chi connectivity index (χ2v) is 4.15. The molecule has 0 saturated heterocycles. The van der Waals surface area contributed by atoms with Crippen molar-refractivity contribution in [1.82, 2.24) is 24.8 Å². The van der Waals surface area contributed by atoms with Crippen molar-refractivity contribution in [2.24, 2.45) is 0 Å². The number of nitriles is 1. The van der Waals surface area contributed by atoms with Crippen molar-refractivity contribution in [3.05, 3.63) is 56.9 Å². The highest BCUT2D eigenvalue weighted by Gasteiger charge is 2.10. The van der Waals surface area contributed by atoms with E-state index < -0.39 is 0 Å². The summed E-state index contributed by atoms with van der Waals surface area (Å²) in [6, 6.07) is 4.58. The molecule has 8 nitrogen and oxygen atoms in total. The second-order valence-electron chi connectivity index (χ2n) is 4.15. The van der Waals surface area contributed by atoms with E-state index in [2.05, 4.69) is 19.9 Å². The van der Waals surface area contributed by atoms with Gasteiger partial charge in [-0.1, -0.05) is 0 Å². The Morgan fingerprint density at radius 1 is 1.29 bits per heavy atom. The van der Waals surface area contributed by atoms with E-state index >= 15 is 0 Å². The van der Waals surface area contributed by atoms with Gasteiger partial charge < -0.3 is 14.9 Å². The van der Waals surface area contributed by atoms with Crippen molar-refractivity contribution < 1.29 is 0 Å². The lowest BCUT2D eigenvalue weighted by Crippen LogP contribution is -2.21. The molecule has 0 radical (unpaired) electrons. The third-order valence-corrected chi connectivity index (χ3v) is 2.60. The van der Waals surface area contributed by atoms with Gasteiger partial charge in [0.2, 0.25) is 0 Å². The van der Waals surface area contributed by atoms with Crippen molar-refractivity contribution in [2.75, 3.05) is 13.6 Å². The van der Waals surface area contributed by atoms with Gasteiger partial charge in [0.15, 0.2) is 5.82 Å². The van der Waals surface area contributed by atoms with Gasteiger partial charge in [0.25, 0.3) is 11.1 Å². The van der Waals surface area contributed by atoms with E-state index in [1.54, 1.807) is 11.9 Å². The monoisotopic (exact) mass is 284 g/mol. The molecule has 0 aliphatic heterocycles. The minimum Gasteiger partial charge on any atom is -0.358 e. The molecular weight excluding hydrogens is 272 g/mol. The van der Waals surface area contributed by atoms with Gasteiger partial charge in [0.05, 0.1) is 11.8 Å². The number of rotatable bonds is 4. The molecule has 0 spiro atoms. The van der Waals surface area contributed by atoms with E-state index in [1.165, 1.54) is 30.6 Å². The zero-order valence-electron chi connectivity index (χ0n) is 11.2. The Labute approximate surface area is 119 Å². The van der Waals surface area contributed by atoms with Gasteiger partial charge in [-0.3, -0.25) is 9.59 Å². The maximum atomic E-state index is 11.4. The van der Waals surface area contributed by atoms with Gasteiger partial charge >= 0.3 is 0 Å². The number of hydrogen-bond donors (Lipinski definition) is 2. The Balaban J connectivity index is 2.53. The maximum Gasteiger partial charge on any atom is 0.251 e. The molecule has 0 amide bonds. The molecule has 0 aliphatic rings. The standard InChI is InChI=1S/C13H12N6O2/c1-19(7-4-14)9(13-16-6-3-12(21)18-13)8-10-15-5-2-11(20)17-10/h2-3,5-6,8H,7H2,1H3,(H,15,17,20)(H,16,18,21)/b9-8-. The van der Waals surface area contributed by atoms with Crippen LogP contribution in [0.5, 0.6) is 0 Å². The first-order valence-electron chi connectivity index (χ1n) is 6.01. The highest BCUT2D eigenvalue weighted by molar-refractivity contribution is 5.75. The molecule has 2 aromatic rings. The normalized spacial score (nSPS) is 11.0. The fourth-order valence-electron chi connectivity index (χ4n) is 1.64. The van der Waals surface area contributed by atoms with Crippen molar-refractivity contribution >= 4 is 11.8 Å². The first-order chi connectivity index (χ1) is 10.1. The van der Waals surface area contributed by atoms with Gasteiger partial charge in [-0.2, -0.15) is 5.26 Å². The molecule has 21 heavy (non-hydrogen) atoms. The summed E-state index contributed by atoms with van der Waals surface area (Å²) >= 11 is 0. The predicted molar refractivity (Wildman–Crippen MR) is 75.8 cm³/mol. The van der Waals surface area contributed by atoms with Gasteiger partial charge in [-0.25, -0.2) is 9.97 Å². The van der Waals surface area contributed by atoms with Crippen LogP contribution in [0, 0.1) is 11.3 Å². The molecule has 8 heteroatoms. The first kappa shape index (κ1) is 14.2. The molecular formula is C13H12N6O2. The Morgan fingerprint density at radius 3 is 2.57 bits per heavy atom. The molecule has 2 aromatic heterocycles. The number of nitrogens with one attached hydrogen (secondary N) is 2. The van der Waals surface area contributed by atoms with Gasteiger partial charge in [-0.15, -0.1) is 0 Å². The fourth-order valence-corrected chi connectivity index (χ4v) is 1.64. The van der Waals surface area contributed by atoms with Crippen LogP contribution in [0.4, 0.5) is 0 Å². The minimum atomic E-state index is -0.314. The number of aromatic nitrogens is 4. The van der Waals surface area contributed by atoms with Gasteiger partial charge in [-0.05, 0) is 0 Å². The van der Waals surface area contributed by atoms with Crippen molar-refractivity contribution in [2.45, 2.75) is 0 Å². The molecule has 0 bridgehead atoms. The minimum absolute atomic E-state index is 0.0848. The second kappa shape index (κ2) is 6.29. The van der Waals surface area contributed by atoms with Gasteiger partial charge in [0, 0.05) is 37.7 Å². The Morgan fingerprint density at radius 2 is 1.95 bits per heavy atom.